The van der Waals surface area contributed by atoms with E-state index in [0.717, 1.165) is 19.1 Å². The summed E-state index contributed by atoms with van der Waals surface area (Å²) in [6, 6.07) is 0. The number of carbonyl (C=O) groups excluding carboxylic acids is 1. The molecule has 0 aromatic heterocycles. The van der Waals surface area contributed by atoms with Gasteiger partial charge in [0.2, 0.25) is 5.91 Å². The van der Waals surface area contributed by atoms with Gasteiger partial charge in [0.25, 0.3) is 0 Å². The van der Waals surface area contributed by atoms with Gasteiger partial charge in [-0.2, -0.15) is 0 Å². The third-order valence-corrected chi connectivity index (χ3v) is 5.14. The van der Waals surface area contributed by atoms with Crippen molar-refractivity contribution in [1.82, 2.24) is 5.32 Å². The van der Waals surface area contributed by atoms with Crippen LogP contribution in [-0.4, -0.2) is 37.4 Å². The number of nitrogens with two attached hydrogens (primary N) is 1. The summed E-state index contributed by atoms with van der Waals surface area (Å²) < 4.78 is 21.4. The van der Waals surface area contributed by atoms with Gasteiger partial charge < -0.3 is 11.1 Å². The van der Waals surface area contributed by atoms with E-state index < -0.39 is 20.5 Å². The predicted octanol–water partition coefficient (Wildman–Crippen LogP) is -0.583. The molecule has 15 heavy (non-hydrogen) atoms. The van der Waals surface area contributed by atoms with Crippen LogP contribution in [0.25, 0.3) is 0 Å². The van der Waals surface area contributed by atoms with Crippen LogP contribution >= 0.6 is 0 Å². The Balaban J connectivity index is 2.78. The molecule has 3 N–H and O–H groups in total. The second-order valence-electron chi connectivity index (χ2n) is 4.72. The molecule has 0 aromatic rings. The van der Waals surface area contributed by atoms with E-state index in [1.54, 1.807) is 0 Å². The maximum Gasteiger partial charge on any atom is 0.241 e. The van der Waals surface area contributed by atoms with Gasteiger partial charge in [0.15, 0.2) is 9.84 Å². The summed E-state index contributed by atoms with van der Waals surface area (Å²) in [4.78, 5) is 11.8. The van der Waals surface area contributed by atoms with E-state index in [2.05, 4.69) is 5.32 Å². The van der Waals surface area contributed by atoms with Gasteiger partial charge >= 0.3 is 0 Å². The van der Waals surface area contributed by atoms with Crippen molar-refractivity contribution in [3.05, 3.63) is 0 Å². The number of sulfone groups is 1. The van der Waals surface area contributed by atoms with Gasteiger partial charge in [-0.1, -0.05) is 0 Å². The van der Waals surface area contributed by atoms with E-state index in [0.29, 0.717) is 6.54 Å². The van der Waals surface area contributed by atoms with Crippen LogP contribution in [0.2, 0.25) is 0 Å². The number of amides is 1. The normalized spacial score (nSPS) is 19.7. The number of rotatable bonds is 4. The molecule has 0 saturated heterocycles. The molecule has 0 spiro atoms. The maximum absolute atomic E-state index is 11.8. The first kappa shape index (κ1) is 12.4. The molecule has 0 bridgehead atoms. The standard InChI is InChI=1S/C9H18N2O3S/c1-8(2,15(3,13)14)7(12)11-9(6-10)4-5-9/h4-6,10H2,1-3H3,(H,11,12). The molecule has 0 atom stereocenters. The molecule has 1 aliphatic rings. The average molecular weight is 234 g/mol. The van der Waals surface area contributed by atoms with Crippen LogP contribution in [0.15, 0.2) is 0 Å². The molecule has 0 aromatic carbocycles. The molecule has 1 fully saturated rings. The Morgan fingerprint density at radius 3 is 2.20 bits per heavy atom. The van der Waals surface area contributed by atoms with Crippen molar-refractivity contribution in [2.75, 3.05) is 12.8 Å². The lowest BCUT2D eigenvalue weighted by molar-refractivity contribution is -0.123. The van der Waals surface area contributed by atoms with E-state index in [1.165, 1.54) is 13.8 Å². The third-order valence-electron chi connectivity index (χ3n) is 3.10. The molecule has 1 saturated carbocycles. The highest BCUT2D eigenvalue weighted by Gasteiger charge is 2.47. The second kappa shape index (κ2) is 3.45. The molecule has 1 rings (SSSR count). The quantitative estimate of drug-likeness (QED) is 0.681. The van der Waals surface area contributed by atoms with Gasteiger partial charge in [0.05, 0.1) is 5.54 Å². The number of carbonyl (C=O) groups is 1. The number of nitrogens with one attached hydrogen (secondary N) is 1. The molecule has 5 nitrogen and oxygen atoms in total. The zero-order valence-corrected chi connectivity index (χ0v) is 10.1. The van der Waals surface area contributed by atoms with Crippen LogP contribution in [0.4, 0.5) is 0 Å². The van der Waals surface area contributed by atoms with Gasteiger partial charge in [0.1, 0.15) is 4.75 Å². The van der Waals surface area contributed by atoms with Crippen molar-refractivity contribution in [3.63, 3.8) is 0 Å². The summed E-state index contributed by atoms with van der Waals surface area (Å²) in [7, 11) is -3.41. The van der Waals surface area contributed by atoms with Gasteiger partial charge in [-0.15, -0.1) is 0 Å². The summed E-state index contributed by atoms with van der Waals surface area (Å²) in [5.41, 5.74) is 5.16. The second-order valence-corrected chi connectivity index (χ2v) is 7.29. The molecule has 88 valence electrons. The lowest BCUT2D eigenvalue weighted by Crippen LogP contribution is -2.53. The van der Waals surface area contributed by atoms with Gasteiger partial charge in [0, 0.05) is 12.8 Å². The molecule has 0 unspecified atom stereocenters. The zero-order valence-electron chi connectivity index (χ0n) is 9.33. The van der Waals surface area contributed by atoms with Crippen molar-refractivity contribution in [1.29, 1.82) is 0 Å². The Labute approximate surface area is 90.3 Å². The highest BCUT2D eigenvalue weighted by molar-refractivity contribution is 7.92. The first-order valence-electron chi connectivity index (χ1n) is 4.87. The van der Waals surface area contributed by atoms with Crippen LogP contribution in [0.5, 0.6) is 0 Å². The van der Waals surface area contributed by atoms with Gasteiger partial charge in [-0.05, 0) is 26.7 Å². The fourth-order valence-electron chi connectivity index (χ4n) is 1.09. The summed E-state index contributed by atoms with van der Waals surface area (Å²) in [5, 5.41) is 2.72. The molecule has 0 radical (unpaired) electrons. The van der Waals surface area contributed by atoms with Crippen molar-refractivity contribution >= 4 is 15.7 Å². The van der Waals surface area contributed by atoms with Crippen LogP contribution in [0, 0.1) is 0 Å². The fourth-order valence-corrected chi connectivity index (χ4v) is 1.48. The fraction of sp³-hybridized carbons (Fsp3) is 0.889. The lowest BCUT2D eigenvalue weighted by Gasteiger charge is -2.25. The molecule has 6 heteroatoms. The highest BCUT2D eigenvalue weighted by Crippen LogP contribution is 2.34. The SMILES string of the molecule is CC(C)(C(=O)NC1(CN)CC1)S(C)(=O)=O. The summed E-state index contributed by atoms with van der Waals surface area (Å²) in [6.45, 7) is 3.17. The van der Waals surface area contributed by atoms with E-state index >= 15 is 0 Å². The topological polar surface area (TPSA) is 89.3 Å². The summed E-state index contributed by atoms with van der Waals surface area (Å²) in [5.74, 6) is -0.465. The minimum atomic E-state index is -3.41. The van der Waals surface area contributed by atoms with Crippen molar-refractivity contribution < 1.29 is 13.2 Å². The molecule has 1 amide bonds. The molecule has 0 heterocycles. The number of hydrogen-bond acceptors (Lipinski definition) is 4. The Hall–Kier alpha value is -0.620. The molecular weight excluding hydrogens is 216 g/mol. The van der Waals surface area contributed by atoms with Gasteiger partial charge in [-0.25, -0.2) is 8.42 Å². The van der Waals surface area contributed by atoms with E-state index in [1.807, 2.05) is 0 Å². The summed E-state index contributed by atoms with van der Waals surface area (Å²) >= 11 is 0. The average Bonchev–Trinajstić information content (AvgIpc) is 2.83. The number of hydrogen-bond donors (Lipinski definition) is 2. The van der Waals surface area contributed by atoms with E-state index in [9.17, 15) is 13.2 Å². The molecule has 1 aliphatic carbocycles. The van der Waals surface area contributed by atoms with E-state index in [4.69, 9.17) is 5.73 Å². The maximum atomic E-state index is 11.8. The minimum Gasteiger partial charge on any atom is -0.348 e. The van der Waals surface area contributed by atoms with Crippen molar-refractivity contribution in [2.45, 2.75) is 37.0 Å². The Morgan fingerprint density at radius 1 is 1.47 bits per heavy atom. The van der Waals surface area contributed by atoms with Crippen LogP contribution < -0.4 is 11.1 Å². The highest BCUT2D eigenvalue weighted by atomic mass is 32.2. The third kappa shape index (κ3) is 2.31. The monoisotopic (exact) mass is 234 g/mol. The lowest BCUT2D eigenvalue weighted by atomic mass is 10.1. The van der Waals surface area contributed by atoms with E-state index in [-0.39, 0.29) is 5.54 Å². The largest absolute Gasteiger partial charge is 0.348 e. The smallest absolute Gasteiger partial charge is 0.241 e. The zero-order chi connectivity index (χ0) is 11.9. The van der Waals surface area contributed by atoms with Crippen LogP contribution in [0.1, 0.15) is 26.7 Å². The van der Waals surface area contributed by atoms with Crippen molar-refractivity contribution in [2.24, 2.45) is 5.73 Å². The van der Waals surface area contributed by atoms with Crippen LogP contribution in [-0.2, 0) is 14.6 Å². The van der Waals surface area contributed by atoms with Crippen LogP contribution in [0.3, 0.4) is 0 Å². The summed E-state index contributed by atoms with van der Waals surface area (Å²) in [6.07, 6.45) is 2.72. The first-order valence-corrected chi connectivity index (χ1v) is 6.76. The molecule has 0 aliphatic heterocycles. The van der Waals surface area contributed by atoms with Crippen molar-refractivity contribution in [3.8, 4) is 0 Å². The Morgan fingerprint density at radius 2 is 1.93 bits per heavy atom. The Kier molecular flexibility index (Phi) is 2.86. The molecular formula is C9H18N2O3S. The minimum absolute atomic E-state index is 0.348. The van der Waals surface area contributed by atoms with Gasteiger partial charge in [-0.3, -0.25) is 4.79 Å². The predicted molar refractivity (Wildman–Crippen MR) is 58.1 cm³/mol. The Bertz CT molecular complexity index is 369. The first-order chi connectivity index (χ1) is 6.65.